The van der Waals surface area contributed by atoms with Crippen LogP contribution in [-0.2, 0) is 4.74 Å². The highest BCUT2D eigenvalue weighted by atomic mass is 16.6. The molecule has 1 fully saturated rings. The smallest absolute Gasteiger partial charge is 0.410 e. The van der Waals surface area contributed by atoms with Crippen molar-refractivity contribution in [2.24, 2.45) is 5.92 Å². The molecule has 0 spiro atoms. The summed E-state index contributed by atoms with van der Waals surface area (Å²) in [6.07, 6.45) is 3.92. The summed E-state index contributed by atoms with van der Waals surface area (Å²) in [6, 6.07) is -0.210. The van der Waals surface area contributed by atoms with Gasteiger partial charge in [-0.3, -0.25) is 0 Å². The number of allylic oxidation sites excluding steroid dienone is 2. The van der Waals surface area contributed by atoms with Crippen molar-refractivity contribution in [1.82, 2.24) is 4.90 Å². The van der Waals surface area contributed by atoms with Crippen molar-refractivity contribution in [3.63, 3.8) is 0 Å². The molecule has 3 atom stereocenters. The number of cyclic esters (lactones) is 1. The predicted octanol–water partition coefficient (Wildman–Crippen LogP) is 1.40. The van der Waals surface area contributed by atoms with Crippen molar-refractivity contribution in [3.8, 4) is 0 Å². The highest BCUT2D eigenvalue weighted by Gasteiger charge is 2.36. The van der Waals surface area contributed by atoms with Crippen LogP contribution in [0, 0.1) is 5.92 Å². The van der Waals surface area contributed by atoms with Gasteiger partial charge in [0.25, 0.3) is 0 Å². The number of hydrogen-bond donors (Lipinski definition) is 1. The molecule has 0 aromatic heterocycles. The highest BCUT2D eigenvalue weighted by molar-refractivity contribution is 5.69. The van der Waals surface area contributed by atoms with E-state index in [1.165, 1.54) is 4.90 Å². The summed E-state index contributed by atoms with van der Waals surface area (Å²) >= 11 is 0. The lowest BCUT2D eigenvalue weighted by molar-refractivity contribution is 0.0517. The Morgan fingerprint density at radius 1 is 1.73 bits per heavy atom. The molecule has 0 aliphatic carbocycles. The first kappa shape index (κ1) is 12.0. The average Bonchev–Trinajstić information content (AvgIpc) is 2.55. The Bertz CT molecular complexity index is 252. The van der Waals surface area contributed by atoms with Gasteiger partial charge in [-0.15, -0.1) is 0 Å². The van der Waals surface area contributed by atoms with E-state index in [1.54, 1.807) is 7.05 Å². The molecule has 0 aromatic carbocycles. The summed E-state index contributed by atoms with van der Waals surface area (Å²) in [4.78, 5) is 12.6. The number of amides is 1. The third-order valence-electron chi connectivity index (χ3n) is 2.88. The summed E-state index contributed by atoms with van der Waals surface area (Å²) < 4.78 is 4.86. The number of carbonyl (C=O) groups excluding carboxylic acids is 1. The number of hydrogen-bond acceptors (Lipinski definition) is 3. The summed E-state index contributed by atoms with van der Waals surface area (Å²) in [5.41, 5.74) is 0. The molecule has 0 aromatic rings. The highest BCUT2D eigenvalue weighted by Crippen LogP contribution is 2.20. The van der Waals surface area contributed by atoms with Gasteiger partial charge < -0.3 is 14.7 Å². The van der Waals surface area contributed by atoms with Crippen molar-refractivity contribution in [2.75, 3.05) is 13.7 Å². The van der Waals surface area contributed by atoms with Crippen LogP contribution in [0.2, 0.25) is 0 Å². The fourth-order valence-electron chi connectivity index (χ4n) is 1.70. The maximum Gasteiger partial charge on any atom is 0.410 e. The van der Waals surface area contributed by atoms with Crippen LogP contribution >= 0.6 is 0 Å². The Balaban J connectivity index is 2.52. The SMILES string of the molecule is C/C=C/C[C@@H](C)[C@@H](O)[C@@H]1COC(=O)N1C. The van der Waals surface area contributed by atoms with Gasteiger partial charge >= 0.3 is 6.09 Å². The van der Waals surface area contributed by atoms with Crippen LogP contribution in [0.25, 0.3) is 0 Å². The monoisotopic (exact) mass is 213 g/mol. The van der Waals surface area contributed by atoms with E-state index in [1.807, 2.05) is 26.0 Å². The minimum absolute atomic E-state index is 0.128. The van der Waals surface area contributed by atoms with Crippen molar-refractivity contribution < 1.29 is 14.6 Å². The average molecular weight is 213 g/mol. The molecule has 1 N–H and O–H groups in total. The standard InChI is InChI=1S/C11H19NO3/c1-4-5-6-8(2)10(13)9-7-15-11(14)12(9)3/h4-5,8-10,13H,6-7H2,1-3H3/b5-4+/t8-,9+,10-/m1/s1. The van der Waals surface area contributed by atoms with Crippen LogP contribution in [0.4, 0.5) is 4.79 Å². The van der Waals surface area contributed by atoms with E-state index in [-0.39, 0.29) is 24.7 Å². The molecule has 15 heavy (non-hydrogen) atoms. The third kappa shape index (κ3) is 2.72. The zero-order chi connectivity index (χ0) is 11.4. The molecular weight excluding hydrogens is 194 g/mol. The van der Waals surface area contributed by atoms with Crippen LogP contribution in [-0.4, -0.2) is 41.9 Å². The maximum absolute atomic E-state index is 11.1. The van der Waals surface area contributed by atoms with Gasteiger partial charge in [0.2, 0.25) is 0 Å². The number of ether oxygens (including phenoxy) is 1. The van der Waals surface area contributed by atoms with Gasteiger partial charge in [0.05, 0.1) is 12.1 Å². The zero-order valence-corrected chi connectivity index (χ0v) is 9.51. The quantitative estimate of drug-likeness (QED) is 0.718. The number of carbonyl (C=O) groups is 1. The van der Waals surface area contributed by atoms with Gasteiger partial charge in [-0.1, -0.05) is 19.1 Å². The fourth-order valence-corrected chi connectivity index (χ4v) is 1.70. The summed E-state index contributed by atoms with van der Waals surface area (Å²) in [6.45, 7) is 4.21. The second-order valence-electron chi connectivity index (χ2n) is 4.03. The van der Waals surface area contributed by atoms with E-state index in [2.05, 4.69) is 0 Å². The number of aliphatic hydroxyl groups excluding tert-OH is 1. The lowest BCUT2D eigenvalue weighted by atomic mass is 9.95. The van der Waals surface area contributed by atoms with Crippen LogP contribution in [0.15, 0.2) is 12.2 Å². The largest absolute Gasteiger partial charge is 0.447 e. The molecule has 1 amide bonds. The first-order valence-electron chi connectivity index (χ1n) is 5.26. The Labute approximate surface area is 90.5 Å². The van der Waals surface area contributed by atoms with Crippen molar-refractivity contribution in [3.05, 3.63) is 12.2 Å². The second kappa shape index (κ2) is 5.16. The van der Waals surface area contributed by atoms with Gasteiger partial charge in [0.15, 0.2) is 0 Å². The summed E-state index contributed by atoms with van der Waals surface area (Å²) in [5, 5.41) is 10.0. The van der Waals surface area contributed by atoms with Crippen molar-refractivity contribution >= 4 is 6.09 Å². The predicted molar refractivity (Wildman–Crippen MR) is 57.5 cm³/mol. The van der Waals surface area contributed by atoms with Crippen LogP contribution in [0.5, 0.6) is 0 Å². The molecule has 0 bridgehead atoms. The normalized spacial score (nSPS) is 25.7. The molecule has 1 rings (SSSR count). The summed E-state index contributed by atoms with van der Waals surface area (Å²) in [7, 11) is 1.66. The van der Waals surface area contributed by atoms with Gasteiger partial charge in [-0.25, -0.2) is 4.79 Å². The minimum atomic E-state index is -0.530. The molecule has 86 valence electrons. The van der Waals surface area contributed by atoms with Crippen LogP contribution in [0.3, 0.4) is 0 Å². The first-order chi connectivity index (χ1) is 7.07. The van der Waals surface area contributed by atoms with Crippen LogP contribution in [0.1, 0.15) is 20.3 Å². The van der Waals surface area contributed by atoms with Gasteiger partial charge in [0, 0.05) is 7.05 Å². The van der Waals surface area contributed by atoms with Crippen molar-refractivity contribution in [1.29, 1.82) is 0 Å². The van der Waals surface area contributed by atoms with E-state index >= 15 is 0 Å². The maximum atomic E-state index is 11.1. The van der Waals surface area contributed by atoms with Gasteiger partial charge in [0.1, 0.15) is 6.61 Å². The first-order valence-corrected chi connectivity index (χ1v) is 5.26. The fraction of sp³-hybridized carbons (Fsp3) is 0.727. The third-order valence-corrected chi connectivity index (χ3v) is 2.88. The van der Waals surface area contributed by atoms with E-state index < -0.39 is 6.10 Å². The Morgan fingerprint density at radius 2 is 2.40 bits per heavy atom. The number of likely N-dealkylation sites (N-methyl/N-ethyl adjacent to an activating group) is 1. The van der Waals surface area contributed by atoms with E-state index in [0.29, 0.717) is 0 Å². The molecule has 1 saturated heterocycles. The zero-order valence-electron chi connectivity index (χ0n) is 9.51. The topological polar surface area (TPSA) is 49.8 Å². The second-order valence-corrected chi connectivity index (χ2v) is 4.03. The molecule has 0 radical (unpaired) electrons. The Hall–Kier alpha value is -1.03. The van der Waals surface area contributed by atoms with Gasteiger partial charge in [-0.2, -0.15) is 0 Å². The Morgan fingerprint density at radius 3 is 2.87 bits per heavy atom. The van der Waals surface area contributed by atoms with E-state index in [9.17, 15) is 9.90 Å². The number of aliphatic hydroxyl groups is 1. The van der Waals surface area contributed by atoms with E-state index in [0.717, 1.165) is 6.42 Å². The molecule has 4 heteroatoms. The van der Waals surface area contributed by atoms with Crippen LogP contribution < -0.4 is 0 Å². The Kier molecular flexibility index (Phi) is 4.15. The number of nitrogens with zero attached hydrogens (tertiary/aromatic N) is 1. The molecule has 0 saturated carbocycles. The number of rotatable bonds is 4. The minimum Gasteiger partial charge on any atom is -0.447 e. The van der Waals surface area contributed by atoms with E-state index in [4.69, 9.17) is 4.74 Å². The molecule has 0 unspecified atom stereocenters. The molecule has 4 nitrogen and oxygen atoms in total. The van der Waals surface area contributed by atoms with Crippen molar-refractivity contribution in [2.45, 2.75) is 32.4 Å². The lowest BCUT2D eigenvalue weighted by Crippen LogP contribution is -2.42. The lowest BCUT2D eigenvalue weighted by Gasteiger charge is -2.26. The molecule has 1 aliphatic rings. The molecular formula is C11H19NO3. The van der Waals surface area contributed by atoms with Gasteiger partial charge in [-0.05, 0) is 19.3 Å². The molecule has 1 heterocycles. The molecule has 1 aliphatic heterocycles. The summed E-state index contributed by atoms with van der Waals surface area (Å²) in [5.74, 6) is 0.128.